The Hall–Kier alpha value is -3.46. The van der Waals surface area contributed by atoms with Crippen LogP contribution in [-0.4, -0.2) is 10.9 Å². The first-order valence-corrected chi connectivity index (χ1v) is 8.95. The average molecular weight is 352 g/mol. The molecule has 132 valence electrons. The quantitative estimate of drug-likeness (QED) is 0.508. The van der Waals surface area contributed by atoms with Crippen molar-refractivity contribution in [3.8, 4) is 11.3 Å². The zero-order valence-electron chi connectivity index (χ0n) is 15.4. The van der Waals surface area contributed by atoms with Crippen LogP contribution in [0.2, 0.25) is 0 Å². The predicted octanol–water partition coefficient (Wildman–Crippen LogP) is 5.77. The van der Waals surface area contributed by atoms with E-state index in [1.165, 1.54) is 0 Å². The van der Waals surface area contributed by atoms with Gasteiger partial charge in [-0.2, -0.15) is 0 Å². The summed E-state index contributed by atoms with van der Waals surface area (Å²) in [5.41, 5.74) is 6.35. The standard InChI is InChI=1S/C24H20N2O/c1-16-11-13-18(14-12-16)25-24(27)21-15-23(19-8-4-3-7-17(19)2)26-22-10-6-5-9-20(21)22/h3-15H,1-2H3,(H,25,27). The molecular weight excluding hydrogens is 332 g/mol. The number of aromatic nitrogens is 1. The smallest absolute Gasteiger partial charge is 0.256 e. The molecule has 4 aromatic rings. The maximum atomic E-state index is 13.0. The molecule has 0 unspecified atom stereocenters. The van der Waals surface area contributed by atoms with Gasteiger partial charge in [0.05, 0.1) is 16.8 Å². The molecule has 1 heterocycles. The number of carbonyl (C=O) groups is 1. The third-order valence-corrected chi connectivity index (χ3v) is 4.69. The van der Waals surface area contributed by atoms with Crippen molar-refractivity contribution in [3.63, 3.8) is 0 Å². The monoisotopic (exact) mass is 352 g/mol. The van der Waals surface area contributed by atoms with E-state index in [1.54, 1.807) is 0 Å². The third-order valence-electron chi connectivity index (χ3n) is 4.69. The molecule has 0 bridgehead atoms. The van der Waals surface area contributed by atoms with Gasteiger partial charge in [-0.05, 0) is 43.7 Å². The van der Waals surface area contributed by atoms with E-state index in [0.717, 1.165) is 39.0 Å². The number of carbonyl (C=O) groups excluding carboxylic acids is 1. The van der Waals surface area contributed by atoms with Crippen LogP contribution in [0.4, 0.5) is 5.69 Å². The molecule has 0 saturated carbocycles. The van der Waals surface area contributed by atoms with Crippen molar-refractivity contribution in [1.82, 2.24) is 4.98 Å². The Morgan fingerprint density at radius 2 is 1.56 bits per heavy atom. The number of rotatable bonds is 3. The molecule has 0 saturated heterocycles. The fourth-order valence-electron chi connectivity index (χ4n) is 3.20. The third kappa shape index (κ3) is 3.44. The van der Waals surface area contributed by atoms with E-state index in [2.05, 4.69) is 18.3 Å². The van der Waals surface area contributed by atoms with E-state index in [1.807, 2.05) is 79.7 Å². The second-order valence-corrected chi connectivity index (χ2v) is 6.71. The molecule has 3 nitrogen and oxygen atoms in total. The molecule has 0 atom stereocenters. The van der Waals surface area contributed by atoms with Gasteiger partial charge in [0, 0.05) is 16.6 Å². The van der Waals surface area contributed by atoms with Gasteiger partial charge in [-0.1, -0.05) is 60.2 Å². The zero-order valence-corrected chi connectivity index (χ0v) is 15.4. The molecule has 0 aliphatic carbocycles. The number of nitrogens with zero attached hydrogens (tertiary/aromatic N) is 1. The van der Waals surface area contributed by atoms with Crippen LogP contribution in [0, 0.1) is 13.8 Å². The molecule has 4 rings (SSSR count). The zero-order chi connectivity index (χ0) is 18.8. The van der Waals surface area contributed by atoms with E-state index in [0.29, 0.717) is 5.56 Å². The fourth-order valence-corrected chi connectivity index (χ4v) is 3.20. The highest BCUT2D eigenvalue weighted by Gasteiger charge is 2.15. The summed E-state index contributed by atoms with van der Waals surface area (Å²) in [7, 11) is 0. The number of hydrogen-bond donors (Lipinski definition) is 1. The Labute approximate surface area is 158 Å². The van der Waals surface area contributed by atoms with Crippen LogP contribution in [-0.2, 0) is 0 Å². The highest BCUT2D eigenvalue weighted by molar-refractivity contribution is 6.13. The topological polar surface area (TPSA) is 42.0 Å². The number of aryl methyl sites for hydroxylation is 2. The molecule has 0 radical (unpaired) electrons. The van der Waals surface area contributed by atoms with Crippen LogP contribution < -0.4 is 5.32 Å². The van der Waals surface area contributed by atoms with E-state index in [9.17, 15) is 4.79 Å². The number of pyridine rings is 1. The highest BCUT2D eigenvalue weighted by atomic mass is 16.1. The Bertz CT molecular complexity index is 1130. The Morgan fingerprint density at radius 3 is 2.33 bits per heavy atom. The summed E-state index contributed by atoms with van der Waals surface area (Å²) in [4.78, 5) is 17.8. The van der Waals surface area contributed by atoms with Crippen LogP contribution >= 0.6 is 0 Å². The van der Waals surface area contributed by atoms with Gasteiger partial charge in [0.25, 0.3) is 5.91 Å². The lowest BCUT2D eigenvalue weighted by molar-refractivity contribution is 0.102. The van der Waals surface area contributed by atoms with Gasteiger partial charge >= 0.3 is 0 Å². The van der Waals surface area contributed by atoms with Crippen LogP contribution in [0.25, 0.3) is 22.2 Å². The second-order valence-electron chi connectivity index (χ2n) is 6.71. The summed E-state index contributed by atoms with van der Waals surface area (Å²) in [5, 5.41) is 3.85. The van der Waals surface area contributed by atoms with Gasteiger partial charge in [0.15, 0.2) is 0 Å². The SMILES string of the molecule is Cc1ccc(NC(=O)c2cc(-c3ccccc3C)nc3ccccc23)cc1. The molecule has 3 heteroatoms. The van der Waals surface area contributed by atoms with Gasteiger partial charge in [-0.15, -0.1) is 0 Å². The van der Waals surface area contributed by atoms with Crippen molar-refractivity contribution < 1.29 is 4.79 Å². The molecule has 27 heavy (non-hydrogen) atoms. The minimum absolute atomic E-state index is 0.132. The van der Waals surface area contributed by atoms with Crippen LogP contribution in [0.15, 0.2) is 78.9 Å². The molecule has 1 amide bonds. The molecule has 0 fully saturated rings. The number of benzene rings is 3. The highest BCUT2D eigenvalue weighted by Crippen LogP contribution is 2.27. The average Bonchev–Trinajstić information content (AvgIpc) is 2.69. The maximum absolute atomic E-state index is 13.0. The maximum Gasteiger partial charge on any atom is 0.256 e. The second kappa shape index (κ2) is 7.04. The molecule has 0 aliphatic heterocycles. The van der Waals surface area contributed by atoms with Gasteiger partial charge < -0.3 is 5.32 Å². The van der Waals surface area contributed by atoms with Gasteiger partial charge in [0.1, 0.15) is 0 Å². The molecule has 1 N–H and O–H groups in total. The van der Waals surface area contributed by atoms with Crippen molar-refractivity contribution in [2.24, 2.45) is 0 Å². The summed E-state index contributed by atoms with van der Waals surface area (Å²) >= 11 is 0. The number of fused-ring (bicyclic) bond motifs is 1. The largest absolute Gasteiger partial charge is 0.322 e. The number of para-hydroxylation sites is 1. The van der Waals surface area contributed by atoms with Crippen LogP contribution in [0.5, 0.6) is 0 Å². The van der Waals surface area contributed by atoms with E-state index in [4.69, 9.17) is 4.98 Å². The minimum atomic E-state index is -0.132. The van der Waals surface area contributed by atoms with Crippen molar-refractivity contribution in [3.05, 3.63) is 95.6 Å². The molecule has 0 spiro atoms. The summed E-state index contributed by atoms with van der Waals surface area (Å²) in [5.74, 6) is -0.132. The van der Waals surface area contributed by atoms with E-state index in [-0.39, 0.29) is 5.91 Å². The van der Waals surface area contributed by atoms with Crippen LogP contribution in [0.3, 0.4) is 0 Å². The van der Waals surface area contributed by atoms with Gasteiger partial charge in [-0.25, -0.2) is 4.98 Å². The summed E-state index contributed by atoms with van der Waals surface area (Å²) in [6.45, 7) is 4.08. The lowest BCUT2D eigenvalue weighted by Crippen LogP contribution is -2.13. The van der Waals surface area contributed by atoms with Crippen LogP contribution in [0.1, 0.15) is 21.5 Å². The number of anilines is 1. The normalized spacial score (nSPS) is 10.7. The van der Waals surface area contributed by atoms with Gasteiger partial charge in [0.2, 0.25) is 0 Å². The fraction of sp³-hybridized carbons (Fsp3) is 0.0833. The Kier molecular flexibility index (Phi) is 4.43. The number of amides is 1. The number of nitrogens with one attached hydrogen (secondary N) is 1. The van der Waals surface area contributed by atoms with Gasteiger partial charge in [-0.3, -0.25) is 4.79 Å². The van der Waals surface area contributed by atoms with Crippen molar-refractivity contribution in [2.45, 2.75) is 13.8 Å². The first-order valence-electron chi connectivity index (χ1n) is 8.95. The molecule has 3 aromatic carbocycles. The van der Waals surface area contributed by atoms with Crippen molar-refractivity contribution in [1.29, 1.82) is 0 Å². The van der Waals surface area contributed by atoms with E-state index >= 15 is 0 Å². The molecule has 0 aliphatic rings. The number of hydrogen-bond acceptors (Lipinski definition) is 2. The molecular formula is C24H20N2O. The lowest BCUT2D eigenvalue weighted by Gasteiger charge is -2.12. The summed E-state index contributed by atoms with van der Waals surface area (Å²) < 4.78 is 0. The van der Waals surface area contributed by atoms with Crippen molar-refractivity contribution in [2.75, 3.05) is 5.32 Å². The predicted molar refractivity (Wildman–Crippen MR) is 111 cm³/mol. The Morgan fingerprint density at radius 1 is 0.852 bits per heavy atom. The molecule has 1 aromatic heterocycles. The minimum Gasteiger partial charge on any atom is -0.322 e. The summed E-state index contributed by atoms with van der Waals surface area (Å²) in [6, 6.07) is 25.5. The first-order chi connectivity index (χ1) is 13.1. The lowest BCUT2D eigenvalue weighted by atomic mass is 10.0. The van der Waals surface area contributed by atoms with E-state index < -0.39 is 0 Å². The Balaban J connectivity index is 1.82. The van der Waals surface area contributed by atoms with Crippen molar-refractivity contribution >= 4 is 22.5 Å². The first kappa shape index (κ1) is 17.0. The summed E-state index contributed by atoms with van der Waals surface area (Å²) in [6.07, 6.45) is 0.